The van der Waals surface area contributed by atoms with E-state index in [0.29, 0.717) is 23.9 Å². The molecule has 1 atom stereocenters. The molecule has 1 aliphatic rings. The molecule has 6 heteroatoms. The molecule has 18 heavy (non-hydrogen) atoms. The number of hydrogen-bond donors (Lipinski definition) is 1. The van der Waals surface area contributed by atoms with Crippen LogP contribution >= 0.6 is 0 Å². The second-order valence-corrected chi connectivity index (χ2v) is 6.27. The summed E-state index contributed by atoms with van der Waals surface area (Å²) in [6, 6.07) is 6.41. The van der Waals surface area contributed by atoms with Gasteiger partial charge < -0.3 is 14.8 Å². The summed E-state index contributed by atoms with van der Waals surface area (Å²) in [6.07, 6.45) is 1.23. The first-order chi connectivity index (χ1) is 8.55. The van der Waals surface area contributed by atoms with Gasteiger partial charge >= 0.3 is 0 Å². The molecule has 0 aromatic heterocycles. The molecule has 0 radical (unpaired) electrons. The highest BCUT2D eigenvalue weighted by Crippen LogP contribution is 2.16. The number of morpholine rings is 1. The number of rotatable bonds is 4. The van der Waals surface area contributed by atoms with Crippen LogP contribution in [0.1, 0.15) is 0 Å². The van der Waals surface area contributed by atoms with Crippen molar-refractivity contribution < 1.29 is 17.9 Å². The second-order valence-electron chi connectivity index (χ2n) is 4.25. The summed E-state index contributed by atoms with van der Waals surface area (Å²) in [7, 11) is -3.15. The molecule has 0 bridgehead atoms. The van der Waals surface area contributed by atoms with E-state index >= 15 is 0 Å². The summed E-state index contributed by atoms with van der Waals surface area (Å²) in [6.45, 7) is 2.81. The molecule has 0 spiro atoms. The molecule has 1 saturated heterocycles. The van der Waals surface area contributed by atoms with Crippen molar-refractivity contribution in [1.82, 2.24) is 5.32 Å². The van der Waals surface area contributed by atoms with E-state index in [4.69, 9.17) is 9.47 Å². The average molecular weight is 271 g/mol. The van der Waals surface area contributed by atoms with E-state index in [0.717, 1.165) is 13.1 Å². The Morgan fingerprint density at radius 1 is 1.39 bits per heavy atom. The van der Waals surface area contributed by atoms with Crippen molar-refractivity contribution in [3.8, 4) is 5.75 Å². The van der Waals surface area contributed by atoms with Crippen LogP contribution in [0.15, 0.2) is 29.2 Å². The predicted molar refractivity (Wildman–Crippen MR) is 67.7 cm³/mol. The van der Waals surface area contributed by atoms with Gasteiger partial charge in [0.25, 0.3) is 0 Å². The van der Waals surface area contributed by atoms with Gasteiger partial charge in [-0.2, -0.15) is 0 Å². The van der Waals surface area contributed by atoms with Crippen LogP contribution in [0.4, 0.5) is 0 Å². The largest absolute Gasteiger partial charge is 0.491 e. The summed E-state index contributed by atoms with van der Waals surface area (Å²) in [5.74, 6) is 0.650. The van der Waals surface area contributed by atoms with Gasteiger partial charge in [0.2, 0.25) is 0 Å². The average Bonchev–Trinajstić information content (AvgIpc) is 2.37. The van der Waals surface area contributed by atoms with E-state index < -0.39 is 9.84 Å². The Labute approximate surface area is 107 Å². The molecule has 1 aliphatic heterocycles. The maximum Gasteiger partial charge on any atom is 0.175 e. The van der Waals surface area contributed by atoms with Crippen LogP contribution in [0.3, 0.4) is 0 Å². The zero-order valence-corrected chi connectivity index (χ0v) is 11.1. The van der Waals surface area contributed by atoms with E-state index in [1.807, 2.05) is 0 Å². The SMILES string of the molecule is CS(=O)(=O)c1ccc(OCC2CNCCO2)cc1. The molecular weight excluding hydrogens is 254 g/mol. The lowest BCUT2D eigenvalue weighted by molar-refractivity contribution is 0.000185. The first-order valence-electron chi connectivity index (χ1n) is 5.81. The molecule has 1 unspecified atom stereocenters. The molecule has 1 N–H and O–H groups in total. The monoisotopic (exact) mass is 271 g/mol. The molecule has 0 aliphatic carbocycles. The van der Waals surface area contributed by atoms with E-state index in [-0.39, 0.29) is 6.10 Å². The Bertz CT molecular complexity index is 477. The second kappa shape index (κ2) is 5.69. The lowest BCUT2D eigenvalue weighted by Crippen LogP contribution is -2.41. The maximum atomic E-state index is 11.3. The fraction of sp³-hybridized carbons (Fsp3) is 0.500. The highest BCUT2D eigenvalue weighted by molar-refractivity contribution is 7.90. The van der Waals surface area contributed by atoms with Crippen LogP contribution in [-0.2, 0) is 14.6 Å². The van der Waals surface area contributed by atoms with E-state index in [2.05, 4.69) is 5.32 Å². The smallest absolute Gasteiger partial charge is 0.175 e. The fourth-order valence-corrected chi connectivity index (χ4v) is 2.33. The number of sulfone groups is 1. The minimum Gasteiger partial charge on any atom is -0.491 e. The molecule has 5 nitrogen and oxygen atoms in total. The van der Waals surface area contributed by atoms with Crippen molar-refractivity contribution in [3.05, 3.63) is 24.3 Å². The lowest BCUT2D eigenvalue weighted by atomic mass is 10.3. The summed E-state index contributed by atoms with van der Waals surface area (Å²) >= 11 is 0. The molecule has 1 heterocycles. The number of nitrogens with one attached hydrogen (secondary N) is 1. The molecule has 0 amide bonds. The van der Waals surface area contributed by atoms with Gasteiger partial charge in [-0.15, -0.1) is 0 Å². The van der Waals surface area contributed by atoms with Gasteiger partial charge in [0.15, 0.2) is 9.84 Å². The topological polar surface area (TPSA) is 64.6 Å². The molecule has 1 aromatic rings. The van der Waals surface area contributed by atoms with Crippen molar-refractivity contribution in [3.63, 3.8) is 0 Å². The Kier molecular flexibility index (Phi) is 4.21. The van der Waals surface area contributed by atoms with Crippen LogP contribution in [0.25, 0.3) is 0 Å². The summed E-state index contributed by atoms with van der Waals surface area (Å²) in [5.41, 5.74) is 0. The van der Waals surface area contributed by atoms with E-state index in [1.54, 1.807) is 24.3 Å². The van der Waals surface area contributed by atoms with Crippen molar-refractivity contribution in [2.75, 3.05) is 32.6 Å². The van der Waals surface area contributed by atoms with Crippen molar-refractivity contribution in [2.45, 2.75) is 11.0 Å². The van der Waals surface area contributed by atoms with Gasteiger partial charge in [0.05, 0.1) is 11.5 Å². The molecule has 2 rings (SSSR count). The summed E-state index contributed by atoms with van der Waals surface area (Å²) in [4.78, 5) is 0.297. The normalized spacial score (nSPS) is 20.6. The zero-order valence-electron chi connectivity index (χ0n) is 10.3. The van der Waals surface area contributed by atoms with Gasteiger partial charge in [-0.1, -0.05) is 0 Å². The Hall–Kier alpha value is -1.11. The standard InChI is InChI=1S/C12H17NO4S/c1-18(14,15)12-4-2-10(3-5-12)17-9-11-8-13-6-7-16-11/h2-5,11,13H,6-9H2,1H3. The van der Waals surface area contributed by atoms with Crippen LogP contribution in [-0.4, -0.2) is 47.1 Å². The van der Waals surface area contributed by atoms with Crippen molar-refractivity contribution in [1.29, 1.82) is 0 Å². The van der Waals surface area contributed by atoms with Crippen molar-refractivity contribution in [2.24, 2.45) is 0 Å². The summed E-state index contributed by atoms with van der Waals surface area (Å²) in [5, 5.41) is 3.22. The van der Waals surface area contributed by atoms with E-state index in [9.17, 15) is 8.42 Å². The Morgan fingerprint density at radius 2 is 2.11 bits per heavy atom. The van der Waals surface area contributed by atoms with Gasteiger partial charge in [-0.25, -0.2) is 8.42 Å². The zero-order chi connectivity index (χ0) is 13.0. The summed E-state index contributed by atoms with van der Waals surface area (Å²) < 4.78 is 33.6. The highest BCUT2D eigenvalue weighted by Gasteiger charge is 2.14. The van der Waals surface area contributed by atoms with Gasteiger partial charge in [-0.05, 0) is 24.3 Å². The Balaban J connectivity index is 1.90. The number of hydrogen-bond acceptors (Lipinski definition) is 5. The minimum absolute atomic E-state index is 0.0494. The number of ether oxygens (including phenoxy) is 2. The third kappa shape index (κ3) is 3.69. The third-order valence-corrected chi connectivity index (χ3v) is 3.82. The molecule has 1 fully saturated rings. The van der Waals surface area contributed by atoms with Crippen LogP contribution < -0.4 is 10.1 Å². The number of benzene rings is 1. The minimum atomic E-state index is -3.15. The molecule has 1 aromatic carbocycles. The fourth-order valence-electron chi connectivity index (χ4n) is 1.70. The first kappa shape index (κ1) is 13.3. The first-order valence-corrected chi connectivity index (χ1v) is 7.70. The Morgan fingerprint density at radius 3 is 2.67 bits per heavy atom. The predicted octanol–water partition coefficient (Wildman–Crippen LogP) is 0.457. The van der Waals surface area contributed by atoms with E-state index in [1.165, 1.54) is 6.26 Å². The van der Waals surface area contributed by atoms with Gasteiger partial charge in [0, 0.05) is 19.3 Å². The molecular formula is C12H17NO4S. The van der Waals surface area contributed by atoms with Crippen LogP contribution in [0, 0.1) is 0 Å². The van der Waals surface area contributed by atoms with Crippen molar-refractivity contribution >= 4 is 9.84 Å². The van der Waals surface area contributed by atoms with Gasteiger partial charge in [0.1, 0.15) is 18.5 Å². The highest BCUT2D eigenvalue weighted by atomic mass is 32.2. The van der Waals surface area contributed by atoms with Crippen LogP contribution in [0.5, 0.6) is 5.75 Å². The third-order valence-electron chi connectivity index (χ3n) is 2.69. The van der Waals surface area contributed by atoms with Gasteiger partial charge in [-0.3, -0.25) is 0 Å². The molecule has 100 valence electrons. The molecule has 0 saturated carbocycles. The lowest BCUT2D eigenvalue weighted by Gasteiger charge is -2.23. The van der Waals surface area contributed by atoms with Crippen LogP contribution in [0.2, 0.25) is 0 Å². The quantitative estimate of drug-likeness (QED) is 0.862. The maximum absolute atomic E-state index is 11.3.